The zero-order valence-corrected chi connectivity index (χ0v) is 12.9. The van der Waals surface area contributed by atoms with Gasteiger partial charge in [0.05, 0.1) is 17.6 Å². The number of rotatable bonds is 2. The minimum Gasteiger partial charge on any atom is -0.375 e. The third-order valence-electron chi connectivity index (χ3n) is 3.83. The summed E-state index contributed by atoms with van der Waals surface area (Å²) in [6.45, 7) is 0.634. The molecule has 2 N–H and O–H groups in total. The molecule has 1 atom stereocenters. The number of benzene rings is 1. The van der Waals surface area contributed by atoms with Crippen LogP contribution < -0.4 is 5.32 Å². The molecule has 3 rings (SSSR count). The quantitative estimate of drug-likeness (QED) is 0.614. The van der Waals surface area contributed by atoms with E-state index in [0.717, 1.165) is 11.1 Å². The van der Waals surface area contributed by atoms with Gasteiger partial charge in [-0.1, -0.05) is 34.1 Å². The van der Waals surface area contributed by atoms with Crippen LogP contribution in [0.15, 0.2) is 24.3 Å². The van der Waals surface area contributed by atoms with Gasteiger partial charge in [-0.2, -0.15) is 0 Å². The number of hydrogen-bond acceptors (Lipinski definition) is 4. The number of aliphatic hydroxyl groups is 1. The lowest BCUT2D eigenvalue weighted by molar-refractivity contribution is -0.127. The average molecular weight is 351 g/mol. The Bertz CT molecular complexity index is 642. The number of Topliss-reactive ketones (excluding diaryl/α,β-unsaturated/α-hetero) is 1. The van der Waals surface area contributed by atoms with Gasteiger partial charge >= 0.3 is 0 Å². The van der Waals surface area contributed by atoms with Gasteiger partial charge in [-0.15, -0.1) is 0 Å². The van der Waals surface area contributed by atoms with Crippen LogP contribution in [0.5, 0.6) is 0 Å². The smallest absolute Gasteiger partial charge is 0.241 e. The number of carbonyl (C=O) groups is 2. The Morgan fingerprint density at radius 1 is 1.48 bits per heavy atom. The van der Waals surface area contributed by atoms with Crippen LogP contribution >= 0.6 is 15.9 Å². The Hall–Kier alpha value is -1.50. The van der Waals surface area contributed by atoms with Crippen molar-refractivity contribution in [3.63, 3.8) is 0 Å². The number of nitrogens with one attached hydrogen (secondary N) is 1. The first kappa shape index (κ1) is 14.4. The summed E-state index contributed by atoms with van der Waals surface area (Å²) in [6.07, 6.45) is 1.41. The lowest BCUT2D eigenvalue weighted by atomic mass is 9.90. The highest BCUT2D eigenvalue weighted by Crippen LogP contribution is 2.32. The van der Waals surface area contributed by atoms with Crippen molar-refractivity contribution in [2.75, 3.05) is 18.4 Å². The van der Waals surface area contributed by atoms with Gasteiger partial charge in [-0.25, -0.2) is 0 Å². The largest absolute Gasteiger partial charge is 0.375 e. The van der Waals surface area contributed by atoms with Crippen molar-refractivity contribution in [1.29, 1.82) is 0 Å². The summed E-state index contributed by atoms with van der Waals surface area (Å²) in [6, 6.07) is 5.52. The molecule has 110 valence electrons. The van der Waals surface area contributed by atoms with Crippen LogP contribution in [-0.2, 0) is 11.2 Å². The normalized spacial score (nSPS) is 21.2. The molecule has 0 aromatic heterocycles. The second-order valence-electron chi connectivity index (χ2n) is 5.06. The predicted octanol–water partition coefficient (Wildman–Crippen LogP) is 0.911. The average Bonchev–Trinajstić information content (AvgIpc) is 2.65. The van der Waals surface area contributed by atoms with E-state index >= 15 is 0 Å². The van der Waals surface area contributed by atoms with Crippen molar-refractivity contribution < 1.29 is 14.7 Å². The van der Waals surface area contributed by atoms with Crippen LogP contribution in [0.25, 0.3) is 5.70 Å². The van der Waals surface area contributed by atoms with E-state index < -0.39 is 6.23 Å². The standard InChI is InChI=1S/C15H15BrN2O3/c16-7-13(19)11-3-1-2-10-9(11)4-5-18-12(10)6-14(20)17-8-15(18)21/h1-3,6,14,17,20H,4-5,7-8H2. The number of alkyl halides is 1. The molecule has 6 heteroatoms. The van der Waals surface area contributed by atoms with Crippen LogP contribution in [-0.4, -0.2) is 46.3 Å². The Balaban J connectivity index is 2.13. The van der Waals surface area contributed by atoms with E-state index in [1.54, 1.807) is 11.0 Å². The van der Waals surface area contributed by atoms with Gasteiger partial charge in [0, 0.05) is 17.7 Å². The molecule has 0 fully saturated rings. The topological polar surface area (TPSA) is 69.6 Å². The van der Waals surface area contributed by atoms with Gasteiger partial charge in [0.15, 0.2) is 5.78 Å². The molecule has 0 saturated carbocycles. The molecule has 0 bridgehead atoms. The zero-order valence-electron chi connectivity index (χ0n) is 11.3. The van der Waals surface area contributed by atoms with Crippen LogP contribution in [0.3, 0.4) is 0 Å². The number of nitrogens with zero attached hydrogens (tertiary/aromatic N) is 1. The minimum absolute atomic E-state index is 0.0273. The first-order chi connectivity index (χ1) is 10.1. The number of hydrogen-bond donors (Lipinski definition) is 2. The van der Waals surface area contributed by atoms with Gasteiger partial charge in [0.2, 0.25) is 5.91 Å². The second kappa shape index (κ2) is 5.71. The maximum Gasteiger partial charge on any atom is 0.241 e. The van der Waals surface area contributed by atoms with Crippen LogP contribution in [0.1, 0.15) is 21.5 Å². The third kappa shape index (κ3) is 2.54. The molecular weight excluding hydrogens is 336 g/mol. The summed E-state index contributed by atoms with van der Waals surface area (Å²) in [5, 5.41) is 12.9. The molecule has 21 heavy (non-hydrogen) atoms. The lowest BCUT2D eigenvalue weighted by Crippen LogP contribution is -2.39. The van der Waals surface area contributed by atoms with Crippen molar-refractivity contribution in [2.24, 2.45) is 0 Å². The summed E-state index contributed by atoms with van der Waals surface area (Å²) in [7, 11) is 0. The van der Waals surface area contributed by atoms with Crippen LogP contribution in [0, 0.1) is 0 Å². The monoisotopic (exact) mass is 350 g/mol. The van der Waals surface area contributed by atoms with Gasteiger partial charge < -0.3 is 10.0 Å². The fourth-order valence-electron chi connectivity index (χ4n) is 2.85. The van der Waals surface area contributed by atoms with Gasteiger partial charge in [0.25, 0.3) is 0 Å². The highest BCUT2D eigenvalue weighted by Gasteiger charge is 2.30. The van der Waals surface area contributed by atoms with E-state index in [1.807, 2.05) is 18.2 Å². The summed E-state index contributed by atoms with van der Waals surface area (Å²) in [4.78, 5) is 25.8. The minimum atomic E-state index is -0.865. The van der Waals surface area contributed by atoms with E-state index in [9.17, 15) is 14.7 Å². The zero-order chi connectivity index (χ0) is 15.0. The number of aliphatic hydroxyl groups excluding tert-OH is 1. The number of halogens is 1. The maximum atomic E-state index is 12.1. The van der Waals surface area contributed by atoms with E-state index in [2.05, 4.69) is 21.2 Å². The summed E-state index contributed by atoms with van der Waals surface area (Å²) in [5.74, 6) is -0.0415. The molecule has 2 aliphatic rings. The van der Waals surface area contributed by atoms with Crippen LogP contribution in [0.2, 0.25) is 0 Å². The molecule has 1 aromatic rings. The molecule has 1 amide bonds. The molecule has 2 aliphatic heterocycles. The van der Waals surface area contributed by atoms with Gasteiger partial charge in [-0.05, 0) is 18.1 Å². The summed E-state index contributed by atoms with van der Waals surface area (Å²) in [5.41, 5.74) is 3.17. The van der Waals surface area contributed by atoms with Gasteiger partial charge in [0.1, 0.15) is 6.23 Å². The van der Waals surface area contributed by atoms with Crippen molar-refractivity contribution in [3.05, 3.63) is 41.0 Å². The SMILES string of the molecule is O=C(CBr)c1cccc2c1CCN1C(=O)CNC(O)C=C21. The first-order valence-corrected chi connectivity index (χ1v) is 7.89. The molecular formula is C15H15BrN2O3. The molecule has 5 nitrogen and oxygen atoms in total. The lowest BCUT2D eigenvalue weighted by Gasteiger charge is -2.31. The molecule has 0 aliphatic carbocycles. The fourth-order valence-corrected chi connectivity index (χ4v) is 3.16. The Morgan fingerprint density at radius 3 is 3.05 bits per heavy atom. The third-order valence-corrected chi connectivity index (χ3v) is 4.34. The van der Waals surface area contributed by atoms with Crippen LogP contribution in [0.4, 0.5) is 0 Å². The summed E-state index contributed by atoms with van der Waals surface area (Å²) < 4.78 is 0. The van der Waals surface area contributed by atoms with Crippen molar-refractivity contribution in [3.8, 4) is 0 Å². The van der Waals surface area contributed by atoms with E-state index in [4.69, 9.17) is 0 Å². The Labute approximate surface area is 130 Å². The van der Waals surface area contributed by atoms with E-state index in [1.165, 1.54) is 0 Å². The van der Waals surface area contributed by atoms with Gasteiger partial charge in [-0.3, -0.25) is 14.9 Å². The fraction of sp³-hybridized carbons (Fsp3) is 0.333. The molecule has 1 unspecified atom stereocenters. The van der Waals surface area contributed by atoms with E-state index in [-0.39, 0.29) is 23.6 Å². The molecule has 1 aromatic carbocycles. The second-order valence-corrected chi connectivity index (χ2v) is 5.62. The number of amides is 1. The molecule has 0 spiro atoms. The van der Waals surface area contributed by atoms with Crippen molar-refractivity contribution in [1.82, 2.24) is 10.2 Å². The van der Waals surface area contributed by atoms with E-state index in [0.29, 0.717) is 24.2 Å². The molecule has 0 radical (unpaired) electrons. The van der Waals surface area contributed by atoms with Crippen molar-refractivity contribution in [2.45, 2.75) is 12.6 Å². The maximum absolute atomic E-state index is 12.1. The molecule has 0 saturated heterocycles. The molecule has 2 heterocycles. The predicted molar refractivity (Wildman–Crippen MR) is 82.0 cm³/mol. The summed E-state index contributed by atoms with van der Waals surface area (Å²) >= 11 is 3.20. The first-order valence-electron chi connectivity index (χ1n) is 6.77. The highest BCUT2D eigenvalue weighted by atomic mass is 79.9. The Kier molecular flexibility index (Phi) is 3.93. The number of fused-ring (bicyclic) bond motifs is 3. The highest BCUT2D eigenvalue weighted by molar-refractivity contribution is 9.09. The Morgan fingerprint density at radius 2 is 2.29 bits per heavy atom. The van der Waals surface area contributed by atoms with Crippen molar-refractivity contribution >= 4 is 33.3 Å². The number of carbonyl (C=O) groups excluding carboxylic acids is 2. The number of ketones is 1.